The number of piperidine rings is 1. The molecule has 1 aliphatic heterocycles. The highest BCUT2D eigenvalue weighted by molar-refractivity contribution is 5.82. The first kappa shape index (κ1) is 16.7. The summed E-state index contributed by atoms with van der Waals surface area (Å²) in [6.45, 7) is 4.89. The molecule has 1 heterocycles. The maximum atomic E-state index is 12.0. The first-order chi connectivity index (χ1) is 9.45. The van der Waals surface area contributed by atoms with E-state index < -0.39 is 12.0 Å². The number of rotatable bonds is 6. The van der Waals surface area contributed by atoms with Crippen LogP contribution in [0.25, 0.3) is 0 Å². The van der Waals surface area contributed by atoms with Crippen LogP contribution in [0.2, 0.25) is 0 Å². The molecule has 20 heavy (non-hydrogen) atoms. The van der Waals surface area contributed by atoms with Gasteiger partial charge in [0, 0.05) is 13.1 Å². The third kappa shape index (κ3) is 4.97. The van der Waals surface area contributed by atoms with Gasteiger partial charge in [0.25, 0.3) is 0 Å². The Morgan fingerprint density at radius 1 is 1.35 bits per heavy atom. The summed E-state index contributed by atoms with van der Waals surface area (Å²) in [5.41, 5.74) is 0. The Morgan fingerprint density at radius 3 is 2.40 bits per heavy atom. The molecule has 0 saturated carbocycles. The summed E-state index contributed by atoms with van der Waals surface area (Å²) >= 11 is 0. The van der Waals surface area contributed by atoms with E-state index in [2.05, 4.69) is 5.32 Å². The van der Waals surface area contributed by atoms with Gasteiger partial charge in [-0.2, -0.15) is 0 Å². The lowest BCUT2D eigenvalue weighted by molar-refractivity contribution is -0.140. The van der Waals surface area contributed by atoms with E-state index in [9.17, 15) is 9.59 Å². The molecular formula is C13H24N2O5. The van der Waals surface area contributed by atoms with Crippen molar-refractivity contribution >= 4 is 12.0 Å². The van der Waals surface area contributed by atoms with Gasteiger partial charge in [-0.05, 0) is 18.8 Å². The minimum atomic E-state index is -1.02. The predicted molar refractivity (Wildman–Crippen MR) is 72.4 cm³/mol. The zero-order valence-corrected chi connectivity index (χ0v) is 12.0. The first-order valence-electron chi connectivity index (χ1n) is 6.96. The second-order valence-electron chi connectivity index (χ2n) is 5.29. The number of carbonyl (C=O) groups excluding carboxylic acids is 1. The minimum absolute atomic E-state index is 0.00458. The van der Waals surface area contributed by atoms with E-state index in [1.165, 1.54) is 0 Å². The third-order valence-corrected chi connectivity index (χ3v) is 3.39. The summed E-state index contributed by atoms with van der Waals surface area (Å²) in [5, 5.41) is 20.3. The van der Waals surface area contributed by atoms with Gasteiger partial charge in [-0.3, -0.25) is 0 Å². The number of carboxylic acid groups (broad SMARTS) is 1. The molecule has 0 aromatic heterocycles. The molecule has 0 spiro atoms. The lowest BCUT2D eigenvalue weighted by Gasteiger charge is -2.33. The number of nitrogens with zero attached hydrogens (tertiary/aromatic N) is 1. The summed E-state index contributed by atoms with van der Waals surface area (Å²) < 4.78 is 5.42. The van der Waals surface area contributed by atoms with Gasteiger partial charge < -0.3 is 25.2 Å². The quantitative estimate of drug-likeness (QED) is 0.652. The number of nitrogens with one attached hydrogen (secondary N) is 1. The number of aliphatic carboxylic acids is 1. The van der Waals surface area contributed by atoms with Crippen LogP contribution in [-0.4, -0.2) is 65.6 Å². The number of likely N-dealkylation sites (tertiary alicyclic amines) is 1. The molecule has 116 valence electrons. The van der Waals surface area contributed by atoms with Crippen LogP contribution in [0.5, 0.6) is 0 Å². The number of aliphatic hydroxyl groups excluding tert-OH is 1. The van der Waals surface area contributed by atoms with Crippen LogP contribution in [0.4, 0.5) is 4.79 Å². The predicted octanol–water partition coefficient (Wildman–Crippen LogP) is 0.279. The Labute approximate surface area is 118 Å². The molecule has 1 atom stereocenters. The van der Waals surface area contributed by atoms with Crippen molar-refractivity contribution < 1.29 is 24.5 Å². The SMILES string of the molecule is CC(C)[C@@H](NC(=O)N1CCC(OCCO)CC1)C(=O)O. The molecule has 1 saturated heterocycles. The molecule has 0 bridgehead atoms. The molecular weight excluding hydrogens is 264 g/mol. The molecule has 1 aliphatic rings. The van der Waals surface area contributed by atoms with E-state index in [1.54, 1.807) is 18.7 Å². The molecule has 0 radical (unpaired) electrons. The second-order valence-corrected chi connectivity index (χ2v) is 5.29. The van der Waals surface area contributed by atoms with Crippen molar-refractivity contribution in [2.75, 3.05) is 26.3 Å². The van der Waals surface area contributed by atoms with Gasteiger partial charge in [0.05, 0.1) is 19.3 Å². The number of carbonyl (C=O) groups is 2. The number of amides is 2. The molecule has 0 aromatic rings. The van der Waals surface area contributed by atoms with Crippen molar-refractivity contribution in [1.29, 1.82) is 0 Å². The molecule has 0 unspecified atom stereocenters. The zero-order valence-electron chi connectivity index (χ0n) is 12.0. The standard InChI is InChI=1S/C13H24N2O5/c1-9(2)11(12(17)18)14-13(19)15-5-3-10(4-6-15)20-8-7-16/h9-11,16H,3-8H2,1-2H3,(H,14,19)(H,17,18)/t11-/m1/s1. The first-order valence-corrected chi connectivity index (χ1v) is 6.96. The van der Waals surface area contributed by atoms with Gasteiger partial charge in [0.2, 0.25) is 0 Å². The fraction of sp³-hybridized carbons (Fsp3) is 0.846. The summed E-state index contributed by atoms with van der Waals surface area (Å²) in [5.74, 6) is -1.18. The van der Waals surface area contributed by atoms with Crippen LogP contribution < -0.4 is 5.32 Å². The molecule has 1 fully saturated rings. The number of aliphatic hydroxyl groups is 1. The van der Waals surface area contributed by atoms with E-state index in [-0.39, 0.29) is 24.7 Å². The Hall–Kier alpha value is -1.34. The summed E-state index contributed by atoms with van der Waals surface area (Å²) in [6, 6.07) is -1.21. The van der Waals surface area contributed by atoms with E-state index >= 15 is 0 Å². The third-order valence-electron chi connectivity index (χ3n) is 3.39. The maximum absolute atomic E-state index is 12.0. The number of hydrogen-bond donors (Lipinski definition) is 3. The van der Waals surface area contributed by atoms with Crippen LogP contribution >= 0.6 is 0 Å². The fourth-order valence-electron chi connectivity index (χ4n) is 2.18. The molecule has 7 heteroatoms. The average molecular weight is 288 g/mol. The van der Waals surface area contributed by atoms with Crippen LogP contribution in [-0.2, 0) is 9.53 Å². The lowest BCUT2D eigenvalue weighted by Crippen LogP contribution is -2.52. The highest BCUT2D eigenvalue weighted by atomic mass is 16.5. The molecule has 7 nitrogen and oxygen atoms in total. The van der Waals surface area contributed by atoms with Crippen molar-refractivity contribution in [3.63, 3.8) is 0 Å². The van der Waals surface area contributed by atoms with Crippen molar-refractivity contribution in [1.82, 2.24) is 10.2 Å². The lowest BCUT2D eigenvalue weighted by atomic mass is 10.0. The normalized spacial score (nSPS) is 18.1. The smallest absolute Gasteiger partial charge is 0.326 e. The monoisotopic (exact) mass is 288 g/mol. The van der Waals surface area contributed by atoms with Crippen LogP contribution in [0, 0.1) is 5.92 Å². The second kappa shape index (κ2) is 8.06. The summed E-state index contributed by atoms with van der Waals surface area (Å²) in [6.07, 6.45) is 1.46. The van der Waals surface area contributed by atoms with Gasteiger partial charge >= 0.3 is 12.0 Å². The minimum Gasteiger partial charge on any atom is -0.480 e. The van der Waals surface area contributed by atoms with E-state index in [0.29, 0.717) is 32.5 Å². The van der Waals surface area contributed by atoms with Gasteiger partial charge in [-0.15, -0.1) is 0 Å². The Morgan fingerprint density at radius 2 is 1.95 bits per heavy atom. The van der Waals surface area contributed by atoms with E-state index in [4.69, 9.17) is 14.9 Å². The van der Waals surface area contributed by atoms with Crippen LogP contribution in [0.1, 0.15) is 26.7 Å². The van der Waals surface area contributed by atoms with E-state index in [1.807, 2.05) is 0 Å². The van der Waals surface area contributed by atoms with Gasteiger partial charge in [0.1, 0.15) is 6.04 Å². The van der Waals surface area contributed by atoms with Crippen LogP contribution in [0.3, 0.4) is 0 Å². The fourth-order valence-corrected chi connectivity index (χ4v) is 2.18. The van der Waals surface area contributed by atoms with E-state index in [0.717, 1.165) is 0 Å². The molecule has 2 amide bonds. The Balaban J connectivity index is 2.40. The summed E-state index contributed by atoms with van der Waals surface area (Å²) in [4.78, 5) is 24.7. The largest absolute Gasteiger partial charge is 0.480 e. The molecule has 0 aliphatic carbocycles. The average Bonchev–Trinajstić information content (AvgIpc) is 2.42. The van der Waals surface area contributed by atoms with Gasteiger partial charge in [-0.1, -0.05) is 13.8 Å². The van der Waals surface area contributed by atoms with Crippen LogP contribution in [0.15, 0.2) is 0 Å². The van der Waals surface area contributed by atoms with Crippen molar-refractivity contribution in [2.45, 2.75) is 38.8 Å². The molecule has 0 aromatic carbocycles. The number of carboxylic acids is 1. The Kier molecular flexibility index (Phi) is 6.74. The molecule has 3 N–H and O–H groups in total. The highest BCUT2D eigenvalue weighted by Gasteiger charge is 2.28. The van der Waals surface area contributed by atoms with Crippen molar-refractivity contribution in [2.24, 2.45) is 5.92 Å². The van der Waals surface area contributed by atoms with Crippen molar-refractivity contribution in [3.05, 3.63) is 0 Å². The Bertz CT molecular complexity index is 327. The number of ether oxygens (including phenoxy) is 1. The van der Waals surface area contributed by atoms with Gasteiger partial charge in [0.15, 0.2) is 0 Å². The molecule has 1 rings (SSSR count). The number of urea groups is 1. The summed E-state index contributed by atoms with van der Waals surface area (Å²) in [7, 11) is 0. The zero-order chi connectivity index (χ0) is 15.1. The highest BCUT2D eigenvalue weighted by Crippen LogP contribution is 2.14. The van der Waals surface area contributed by atoms with Gasteiger partial charge in [-0.25, -0.2) is 9.59 Å². The topological polar surface area (TPSA) is 99.1 Å². The maximum Gasteiger partial charge on any atom is 0.326 e. The van der Waals surface area contributed by atoms with Crippen molar-refractivity contribution in [3.8, 4) is 0 Å². The number of hydrogen-bond acceptors (Lipinski definition) is 4.